The topological polar surface area (TPSA) is 93.0 Å². The molecular weight excluding hydrogens is 484 g/mol. The molecule has 1 N–H and O–H groups in total. The number of halogens is 1. The predicted octanol–water partition coefficient (Wildman–Crippen LogP) is 5.05. The van der Waals surface area contributed by atoms with Crippen LogP contribution in [-0.2, 0) is 11.8 Å². The molecule has 0 aliphatic heterocycles. The van der Waals surface area contributed by atoms with Gasteiger partial charge in [-0.2, -0.15) is 5.26 Å². The molecule has 33 heavy (non-hydrogen) atoms. The number of nitrogens with zero attached hydrogens (tertiary/aromatic N) is 3. The van der Waals surface area contributed by atoms with Gasteiger partial charge in [-0.3, -0.25) is 14.3 Å². The van der Waals surface area contributed by atoms with Crippen molar-refractivity contribution in [2.45, 2.75) is 6.92 Å². The minimum Gasteiger partial charge on any atom is -0.457 e. The van der Waals surface area contributed by atoms with Gasteiger partial charge in [-0.15, -0.1) is 0 Å². The second kappa shape index (κ2) is 9.18. The Morgan fingerprint density at radius 2 is 1.79 bits per heavy atom. The summed E-state index contributed by atoms with van der Waals surface area (Å²) in [5.41, 5.74) is 1.64. The summed E-state index contributed by atoms with van der Waals surface area (Å²) in [4.78, 5) is 25.8. The molecule has 8 heteroatoms. The van der Waals surface area contributed by atoms with Crippen LogP contribution in [0.1, 0.15) is 11.5 Å². The number of nitrogens with one attached hydrogen (secondary N) is 1. The zero-order chi connectivity index (χ0) is 23.5. The summed E-state index contributed by atoms with van der Waals surface area (Å²) in [5.74, 6) is 0.271. The lowest BCUT2D eigenvalue weighted by Gasteiger charge is -2.07. The third-order valence-electron chi connectivity index (χ3n) is 5.20. The molecule has 0 atom stereocenters. The van der Waals surface area contributed by atoms with E-state index in [0.717, 1.165) is 10.0 Å². The van der Waals surface area contributed by atoms with E-state index in [4.69, 9.17) is 4.42 Å². The summed E-state index contributed by atoms with van der Waals surface area (Å²) in [6.45, 7) is 1.73. The highest BCUT2D eigenvalue weighted by atomic mass is 79.9. The lowest BCUT2D eigenvalue weighted by atomic mass is 10.2. The molecule has 0 aliphatic rings. The van der Waals surface area contributed by atoms with Gasteiger partial charge in [0.2, 0.25) is 0 Å². The first-order valence-electron chi connectivity index (χ1n) is 10.0. The number of benzene rings is 2. The average Bonchev–Trinajstić information content (AvgIpc) is 3.37. The Bertz CT molecular complexity index is 1450. The summed E-state index contributed by atoms with van der Waals surface area (Å²) in [7, 11) is 1.73. The quantitative estimate of drug-likeness (QED) is 0.305. The van der Waals surface area contributed by atoms with Crippen molar-refractivity contribution in [3.63, 3.8) is 0 Å². The van der Waals surface area contributed by atoms with Crippen molar-refractivity contribution in [2.24, 2.45) is 7.05 Å². The maximum absolute atomic E-state index is 13.0. The Hall–Kier alpha value is -4.09. The van der Waals surface area contributed by atoms with Crippen LogP contribution in [0.2, 0.25) is 0 Å². The van der Waals surface area contributed by atoms with E-state index >= 15 is 0 Å². The van der Waals surface area contributed by atoms with Crippen LogP contribution in [0.4, 0.5) is 5.69 Å². The third-order valence-corrected chi connectivity index (χ3v) is 5.73. The number of carbonyl (C=O) groups is 1. The van der Waals surface area contributed by atoms with E-state index in [2.05, 4.69) is 21.2 Å². The number of para-hydroxylation sites is 1. The van der Waals surface area contributed by atoms with Crippen LogP contribution >= 0.6 is 15.9 Å². The Morgan fingerprint density at radius 1 is 1.09 bits per heavy atom. The van der Waals surface area contributed by atoms with Crippen molar-refractivity contribution in [3.8, 4) is 23.1 Å². The maximum Gasteiger partial charge on any atom is 0.295 e. The first kappa shape index (κ1) is 22.1. The lowest BCUT2D eigenvalue weighted by Crippen LogP contribution is -2.23. The van der Waals surface area contributed by atoms with Gasteiger partial charge in [0.1, 0.15) is 28.9 Å². The predicted molar refractivity (Wildman–Crippen MR) is 130 cm³/mol. The fraction of sp³-hybridized carbons (Fsp3) is 0.0800. The number of rotatable bonds is 5. The second-order valence-electron chi connectivity index (χ2n) is 7.27. The SMILES string of the molecule is Cc1c(NC(=O)/C(C#N)=C\c2ccc(-c3ccc(Br)cc3)o2)c(=O)n(-c2ccccc2)n1C. The Kier molecular flexibility index (Phi) is 6.16. The number of amides is 1. The number of carbonyl (C=O) groups excluding carboxylic acids is 1. The molecule has 2 aromatic carbocycles. The average molecular weight is 503 g/mol. The molecule has 0 aliphatic carbocycles. The van der Waals surface area contributed by atoms with E-state index in [1.165, 1.54) is 10.8 Å². The van der Waals surface area contributed by atoms with Crippen LogP contribution in [0.25, 0.3) is 23.1 Å². The van der Waals surface area contributed by atoms with E-state index in [1.54, 1.807) is 42.9 Å². The number of furan rings is 1. The number of hydrogen-bond donors (Lipinski definition) is 1. The minimum absolute atomic E-state index is 0.113. The minimum atomic E-state index is -0.690. The molecule has 2 heterocycles. The summed E-state index contributed by atoms with van der Waals surface area (Å²) in [6.07, 6.45) is 1.35. The van der Waals surface area contributed by atoms with Crippen molar-refractivity contribution in [2.75, 3.05) is 5.32 Å². The molecule has 0 spiro atoms. The molecule has 4 rings (SSSR count). The summed E-state index contributed by atoms with van der Waals surface area (Å²) in [6, 6.07) is 22.0. The van der Waals surface area contributed by atoms with Crippen molar-refractivity contribution < 1.29 is 9.21 Å². The number of nitriles is 1. The molecule has 0 bridgehead atoms. The molecule has 1 amide bonds. The third kappa shape index (κ3) is 4.45. The first-order valence-corrected chi connectivity index (χ1v) is 10.8. The van der Waals surface area contributed by atoms with E-state index in [0.29, 0.717) is 22.9 Å². The van der Waals surface area contributed by atoms with E-state index < -0.39 is 5.91 Å². The molecule has 0 saturated heterocycles. The van der Waals surface area contributed by atoms with E-state index in [-0.39, 0.29) is 16.8 Å². The molecular formula is C25H19BrN4O3. The van der Waals surface area contributed by atoms with Crippen LogP contribution in [0, 0.1) is 18.3 Å². The van der Waals surface area contributed by atoms with E-state index in [1.807, 2.05) is 48.5 Å². The van der Waals surface area contributed by atoms with Crippen molar-refractivity contribution in [1.29, 1.82) is 5.26 Å². The molecule has 0 radical (unpaired) electrons. The molecule has 4 aromatic rings. The monoisotopic (exact) mass is 502 g/mol. The highest BCUT2D eigenvalue weighted by Crippen LogP contribution is 2.25. The standard InChI is InChI=1S/C25H19BrN4O3/c1-16-23(25(32)30(29(16)2)20-6-4-3-5-7-20)28-24(31)18(15-27)14-21-12-13-22(33-21)17-8-10-19(26)11-9-17/h3-14H,1-2H3,(H,28,31)/b18-14-. The smallest absolute Gasteiger partial charge is 0.295 e. The molecule has 0 fully saturated rings. The fourth-order valence-corrected chi connectivity index (χ4v) is 3.65. The first-order chi connectivity index (χ1) is 15.9. The fourth-order valence-electron chi connectivity index (χ4n) is 3.38. The molecule has 2 aromatic heterocycles. The number of aromatic nitrogens is 2. The van der Waals surface area contributed by atoms with Crippen LogP contribution in [0.3, 0.4) is 0 Å². The summed E-state index contributed by atoms with van der Waals surface area (Å²) in [5, 5.41) is 12.1. The van der Waals surface area contributed by atoms with Gasteiger partial charge < -0.3 is 9.73 Å². The van der Waals surface area contributed by atoms with Gasteiger partial charge in [0.25, 0.3) is 11.5 Å². The highest BCUT2D eigenvalue weighted by molar-refractivity contribution is 9.10. The van der Waals surface area contributed by atoms with Crippen LogP contribution in [0.15, 0.2) is 86.0 Å². The second-order valence-corrected chi connectivity index (χ2v) is 8.19. The van der Waals surface area contributed by atoms with Crippen LogP contribution in [0.5, 0.6) is 0 Å². The zero-order valence-corrected chi connectivity index (χ0v) is 19.5. The van der Waals surface area contributed by atoms with Gasteiger partial charge in [0.05, 0.1) is 11.4 Å². The Balaban J connectivity index is 1.61. The van der Waals surface area contributed by atoms with Gasteiger partial charge in [0, 0.05) is 23.2 Å². The molecule has 0 unspecified atom stereocenters. The maximum atomic E-state index is 13.0. The van der Waals surface area contributed by atoms with Gasteiger partial charge in [-0.25, -0.2) is 4.68 Å². The lowest BCUT2D eigenvalue weighted by molar-refractivity contribution is -0.112. The van der Waals surface area contributed by atoms with Crippen LogP contribution < -0.4 is 10.9 Å². The van der Waals surface area contributed by atoms with Crippen molar-refractivity contribution in [1.82, 2.24) is 9.36 Å². The van der Waals surface area contributed by atoms with Crippen LogP contribution in [-0.4, -0.2) is 15.3 Å². The zero-order valence-electron chi connectivity index (χ0n) is 17.9. The van der Waals surface area contributed by atoms with Gasteiger partial charge in [-0.05, 0) is 43.3 Å². The Labute approximate surface area is 198 Å². The molecule has 7 nitrogen and oxygen atoms in total. The van der Waals surface area contributed by atoms with Gasteiger partial charge in [-0.1, -0.05) is 46.3 Å². The normalized spacial score (nSPS) is 11.3. The van der Waals surface area contributed by atoms with E-state index in [9.17, 15) is 14.9 Å². The molecule has 164 valence electrons. The van der Waals surface area contributed by atoms with Gasteiger partial charge in [0.15, 0.2) is 0 Å². The number of hydrogen-bond acceptors (Lipinski definition) is 4. The number of anilines is 1. The van der Waals surface area contributed by atoms with Crippen molar-refractivity contribution >= 4 is 33.6 Å². The van der Waals surface area contributed by atoms with Gasteiger partial charge >= 0.3 is 0 Å². The summed E-state index contributed by atoms with van der Waals surface area (Å²) >= 11 is 3.39. The highest BCUT2D eigenvalue weighted by Gasteiger charge is 2.20. The largest absolute Gasteiger partial charge is 0.457 e. The molecule has 0 saturated carbocycles. The summed E-state index contributed by atoms with van der Waals surface area (Å²) < 4.78 is 9.83. The Morgan fingerprint density at radius 3 is 2.45 bits per heavy atom. The van der Waals surface area contributed by atoms with Crippen molar-refractivity contribution in [3.05, 3.63) is 98.6 Å².